The molecule has 1 heterocycles. The Morgan fingerprint density at radius 2 is 2.29 bits per heavy atom. The zero-order valence-corrected chi connectivity index (χ0v) is 11.0. The van der Waals surface area contributed by atoms with E-state index < -0.39 is 5.60 Å². The molecule has 1 amide bonds. The first-order valence-electron chi connectivity index (χ1n) is 5.44. The standard InChI is InChI=1S/C12H17ClN2O2/c1-8(2)12(3,17)7-15-11(16)9-4-5-14-6-10(9)13/h4-6,8,17H,7H2,1-3H3,(H,15,16). The van der Waals surface area contributed by atoms with E-state index in [4.69, 9.17) is 11.6 Å². The highest BCUT2D eigenvalue weighted by molar-refractivity contribution is 6.33. The van der Waals surface area contributed by atoms with Crippen molar-refractivity contribution < 1.29 is 9.90 Å². The number of rotatable bonds is 4. The largest absolute Gasteiger partial charge is 0.388 e. The number of halogens is 1. The van der Waals surface area contributed by atoms with Crippen LogP contribution in [0.2, 0.25) is 5.02 Å². The van der Waals surface area contributed by atoms with E-state index in [1.807, 2.05) is 13.8 Å². The van der Waals surface area contributed by atoms with Crippen LogP contribution in [-0.4, -0.2) is 28.1 Å². The van der Waals surface area contributed by atoms with Crippen molar-refractivity contribution in [2.75, 3.05) is 6.54 Å². The van der Waals surface area contributed by atoms with E-state index in [1.165, 1.54) is 12.4 Å². The molecule has 1 unspecified atom stereocenters. The maximum atomic E-state index is 11.8. The number of aromatic nitrogens is 1. The van der Waals surface area contributed by atoms with E-state index in [0.717, 1.165) is 0 Å². The molecule has 0 aliphatic heterocycles. The summed E-state index contributed by atoms with van der Waals surface area (Å²) in [5, 5.41) is 13.0. The maximum Gasteiger partial charge on any atom is 0.253 e. The van der Waals surface area contributed by atoms with Crippen LogP contribution in [0.5, 0.6) is 0 Å². The van der Waals surface area contributed by atoms with Crippen LogP contribution in [0.15, 0.2) is 18.5 Å². The molecule has 0 saturated carbocycles. The molecular formula is C12H17ClN2O2. The highest BCUT2D eigenvalue weighted by atomic mass is 35.5. The molecular weight excluding hydrogens is 240 g/mol. The van der Waals surface area contributed by atoms with Gasteiger partial charge in [0.15, 0.2) is 0 Å². The molecule has 5 heteroatoms. The van der Waals surface area contributed by atoms with Gasteiger partial charge in [0, 0.05) is 18.9 Å². The van der Waals surface area contributed by atoms with Gasteiger partial charge in [0.25, 0.3) is 5.91 Å². The lowest BCUT2D eigenvalue weighted by Gasteiger charge is -2.27. The second-order valence-electron chi connectivity index (χ2n) is 4.55. The molecule has 0 bridgehead atoms. The summed E-state index contributed by atoms with van der Waals surface area (Å²) in [5.41, 5.74) is -0.573. The number of nitrogens with zero attached hydrogens (tertiary/aromatic N) is 1. The summed E-state index contributed by atoms with van der Waals surface area (Å²) in [6.07, 6.45) is 2.92. The Hall–Kier alpha value is -1.13. The number of carbonyl (C=O) groups is 1. The van der Waals surface area contributed by atoms with Crippen molar-refractivity contribution in [1.82, 2.24) is 10.3 Å². The van der Waals surface area contributed by atoms with E-state index in [2.05, 4.69) is 10.3 Å². The average molecular weight is 257 g/mol. The van der Waals surface area contributed by atoms with Gasteiger partial charge in [0.1, 0.15) is 0 Å². The fourth-order valence-electron chi connectivity index (χ4n) is 1.12. The van der Waals surface area contributed by atoms with Crippen LogP contribution in [-0.2, 0) is 0 Å². The molecule has 0 aliphatic carbocycles. The summed E-state index contributed by atoms with van der Waals surface area (Å²) in [7, 11) is 0. The summed E-state index contributed by atoms with van der Waals surface area (Å²) in [4.78, 5) is 15.6. The van der Waals surface area contributed by atoms with Crippen LogP contribution < -0.4 is 5.32 Å². The van der Waals surface area contributed by atoms with Crippen LogP contribution >= 0.6 is 11.6 Å². The molecule has 17 heavy (non-hydrogen) atoms. The van der Waals surface area contributed by atoms with Gasteiger partial charge in [0.05, 0.1) is 16.2 Å². The van der Waals surface area contributed by atoms with Crippen molar-refractivity contribution in [2.24, 2.45) is 5.92 Å². The molecule has 94 valence electrons. The third-order valence-electron chi connectivity index (χ3n) is 2.87. The molecule has 2 N–H and O–H groups in total. The number of carbonyl (C=O) groups excluding carboxylic acids is 1. The molecule has 0 radical (unpaired) electrons. The minimum atomic E-state index is -0.935. The fourth-order valence-corrected chi connectivity index (χ4v) is 1.32. The van der Waals surface area contributed by atoms with Gasteiger partial charge in [-0.25, -0.2) is 0 Å². The Balaban J connectivity index is 2.66. The summed E-state index contributed by atoms with van der Waals surface area (Å²) < 4.78 is 0. The van der Waals surface area contributed by atoms with Gasteiger partial charge < -0.3 is 10.4 Å². The smallest absolute Gasteiger partial charge is 0.253 e. The van der Waals surface area contributed by atoms with E-state index in [-0.39, 0.29) is 18.4 Å². The fraction of sp³-hybridized carbons (Fsp3) is 0.500. The van der Waals surface area contributed by atoms with Crippen molar-refractivity contribution in [2.45, 2.75) is 26.4 Å². The van der Waals surface area contributed by atoms with Crippen molar-refractivity contribution in [3.05, 3.63) is 29.0 Å². The molecule has 0 aliphatic rings. The Kier molecular flexibility index (Phi) is 4.48. The van der Waals surface area contributed by atoms with E-state index >= 15 is 0 Å². The number of nitrogens with one attached hydrogen (secondary N) is 1. The molecule has 1 atom stereocenters. The third kappa shape index (κ3) is 3.68. The quantitative estimate of drug-likeness (QED) is 0.865. The third-order valence-corrected chi connectivity index (χ3v) is 3.17. The van der Waals surface area contributed by atoms with Crippen LogP contribution in [0.1, 0.15) is 31.1 Å². The topological polar surface area (TPSA) is 62.2 Å². The lowest BCUT2D eigenvalue weighted by molar-refractivity contribution is 0.0142. The maximum absolute atomic E-state index is 11.8. The van der Waals surface area contributed by atoms with Gasteiger partial charge in [-0.05, 0) is 18.9 Å². The van der Waals surface area contributed by atoms with Gasteiger partial charge in [0.2, 0.25) is 0 Å². The second kappa shape index (κ2) is 5.47. The lowest BCUT2D eigenvalue weighted by Crippen LogP contribution is -2.44. The van der Waals surface area contributed by atoms with Crippen molar-refractivity contribution >= 4 is 17.5 Å². The molecule has 1 aromatic rings. The van der Waals surface area contributed by atoms with Gasteiger partial charge >= 0.3 is 0 Å². The minimum absolute atomic E-state index is 0.0516. The zero-order chi connectivity index (χ0) is 13.1. The molecule has 1 aromatic heterocycles. The Morgan fingerprint density at radius 3 is 2.82 bits per heavy atom. The highest BCUT2D eigenvalue weighted by Gasteiger charge is 2.25. The summed E-state index contributed by atoms with van der Waals surface area (Å²) >= 11 is 5.85. The number of amides is 1. The molecule has 0 fully saturated rings. The van der Waals surface area contributed by atoms with Crippen molar-refractivity contribution in [1.29, 1.82) is 0 Å². The number of aliphatic hydroxyl groups is 1. The summed E-state index contributed by atoms with van der Waals surface area (Å²) in [6.45, 7) is 5.66. The molecule has 0 aromatic carbocycles. The van der Waals surface area contributed by atoms with Crippen molar-refractivity contribution in [3.63, 3.8) is 0 Å². The van der Waals surface area contributed by atoms with E-state index in [0.29, 0.717) is 10.6 Å². The summed E-state index contributed by atoms with van der Waals surface area (Å²) in [6, 6.07) is 1.54. The normalized spacial score (nSPS) is 14.5. The van der Waals surface area contributed by atoms with Crippen LogP contribution in [0.25, 0.3) is 0 Å². The minimum Gasteiger partial charge on any atom is -0.388 e. The Bertz CT molecular complexity index is 405. The first-order chi connectivity index (χ1) is 7.84. The predicted molar refractivity (Wildman–Crippen MR) is 67.0 cm³/mol. The predicted octanol–water partition coefficient (Wildman–Crippen LogP) is 1.87. The number of hydrogen-bond donors (Lipinski definition) is 2. The monoisotopic (exact) mass is 256 g/mol. The Labute approximate surface area is 106 Å². The first-order valence-corrected chi connectivity index (χ1v) is 5.82. The SMILES string of the molecule is CC(C)C(C)(O)CNC(=O)c1ccncc1Cl. The first kappa shape index (κ1) is 13.9. The van der Waals surface area contributed by atoms with Crippen LogP contribution in [0, 0.1) is 5.92 Å². The molecule has 0 saturated heterocycles. The lowest BCUT2D eigenvalue weighted by atomic mass is 9.92. The van der Waals surface area contributed by atoms with E-state index in [9.17, 15) is 9.90 Å². The van der Waals surface area contributed by atoms with E-state index in [1.54, 1.807) is 13.0 Å². The number of pyridine rings is 1. The van der Waals surface area contributed by atoms with Crippen molar-refractivity contribution in [3.8, 4) is 0 Å². The van der Waals surface area contributed by atoms with Gasteiger partial charge in [-0.15, -0.1) is 0 Å². The zero-order valence-electron chi connectivity index (χ0n) is 10.2. The molecule has 1 rings (SSSR count). The second-order valence-corrected chi connectivity index (χ2v) is 4.96. The molecule has 4 nitrogen and oxygen atoms in total. The number of hydrogen-bond acceptors (Lipinski definition) is 3. The van der Waals surface area contributed by atoms with Gasteiger partial charge in [-0.2, -0.15) is 0 Å². The Morgan fingerprint density at radius 1 is 1.65 bits per heavy atom. The van der Waals surface area contributed by atoms with Crippen LogP contribution in [0.3, 0.4) is 0 Å². The van der Waals surface area contributed by atoms with Crippen LogP contribution in [0.4, 0.5) is 0 Å². The summed E-state index contributed by atoms with van der Waals surface area (Å²) in [5.74, 6) is -0.256. The van der Waals surface area contributed by atoms with Gasteiger partial charge in [-0.3, -0.25) is 9.78 Å². The van der Waals surface area contributed by atoms with Gasteiger partial charge in [-0.1, -0.05) is 25.4 Å². The molecule has 0 spiro atoms. The highest BCUT2D eigenvalue weighted by Crippen LogP contribution is 2.16. The average Bonchev–Trinajstić information content (AvgIpc) is 2.26.